The number of pyridine rings is 1. The summed E-state index contributed by atoms with van der Waals surface area (Å²) in [7, 11) is 0. The van der Waals surface area contributed by atoms with Crippen LogP contribution < -0.4 is 10.6 Å². The average molecular weight is 325 g/mol. The maximum absolute atomic E-state index is 12.4. The second-order valence-corrected chi connectivity index (χ2v) is 5.76. The first-order valence-electron chi connectivity index (χ1n) is 6.05. The number of hydrogen-bond donors (Lipinski definition) is 2. The zero-order valence-electron chi connectivity index (χ0n) is 10.1. The Morgan fingerprint density at radius 1 is 1.42 bits per heavy atom. The van der Waals surface area contributed by atoms with E-state index in [2.05, 4.69) is 31.5 Å². The van der Waals surface area contributed by atoms with E-state index < -0.39 is 5.54 Å². The minimum Gasteiger partial charge on any atom is -0.322 e. The Morgan fingerprint density at radius 2 is 2.26 bits per heavy atom. The van der Waals surface area contributed by atoms with Crippen molar-refractivity contribution >= 4 is 27.9 Å². The first-order valence-corrected chi connectivity index (χ1v) is 6.84. The maximum Gasteiger partial charge on any atom is 0.325 e. The van der Waals surface area contributed by atoms with Crippen LogP contribution in [0, 0.1) is 0 Å². The summed E-state index contributed by atoms with van der Waals surface area (Å²) in [5.41, 5.74) is 0.0807. The van der Waals surface area contributed by atoms with Crippen molar-refractivity contribution in [3.63, 3.8) is 0 Å². The fraction of sp³-hybridized carbons (Fsp3) is 0.417. The molecule has 1 aromatic heterocycles. The molecule has 3 amide bonds. The third kappa shape index (κ3) is 2.12. The van der Waals surface area contributed by atoms with Gasteiger partial charge in [0.2, 0.25) is 0 Å². The van der Waals surface area contributed by atoms with Crippen molar-refractivity contribution in [3.05, 3.63) is 28.5 Å². The largest absolute Gasteiger partial charge is 0.325 e. The van der Waals surface area contributed by atoms with Crippen LogP contribution in [0.4, 0.5) is 4.79 Å². The molecule has 2 saturated heterocycles. The van der Waals surface area contributed by atoms with Gasteiger partial charge in [0.1, 0.15) is 5.54 Å². The predicted molar refractivity (Wildman–Crippen MR) is 71.2 cm³/mol. The topological polar surface area (TPSA) is 74.3 Å². The molecular formula is C12H13BrN4O2. The molecule has 2 aliphatic rings. The van der Waals surface area contributed by atoms with Crippen molar-refractivity contribution in [2.75, 3.05) is 13.1 Å². The molecule has 0 bridgehead atoms. The molecule has 0 radical (unpaired) electrons. The highest BCUT2D eigenvalue weighted by Crippen LogP contribution is 2.25. The molecule has 1 unspecified atom stereocenters. The molecule has 7 heteroatoms. The van der Waals surface area contributed by atoms with Crippen LogP contribution in [0.3, 0.4) is 0 Å². The molecule has 3 rings (SSSR count). The fourth-order valence-corrected chi connectivity index (χ4v) is 2.94. The molecule has 0 aliphatic carbocycles. The maximum atomic E-state index is 12.4. The number of rotatable bonds is 2. The number of aromatic nitrogens is 1. The lowest BCUT2D eigenvalue weighted by Gasteiger charge is -2.19. The molecule has 19 heavy (non-hydrogen) atoms. The lowest BCUT2D eigenvalue weighted by molar-refractivity contribution is -0.131. The first-order chi connectivity index (χ1) is 9.11. The standard InChI is InChI=1S/C12H13BrN4O2/c13-9-3-8(4-15-5-9)6-17-10(18)12(16-11(17)19)1-2-14-7-12/h3-5,14H,1-2,6-7H2,(H,16,19). The van der Waals surface area contributed by atoms with E-state index in [0.29, 0.717) is 13.0 Å². The number of hydrogen-bond acceptors (Lipinski definition) is 4. The second kappa shape index (κ2) is 4.57. The highest BCUT2D eigenvalue weighted by atomic mass is 79.9. The van der Waals surface area contributed by atoms with Crippen molar-refractivity contribution in [1.29, 1.82) is 0 Å². The summed E-state index contributed by atoms with van der Waals surface area (Å²) in [5.74, 6) is -0.150. The monoisotopic (exact) mass is 324 g/mol. The van der Waals surface area contributed by atoms with E-state index in [1.807, 2.05) is 6.07 Å². The van der Waals surface area contributed by atoms with Gasteiger partial charge in [0.05, 0.1) is 6.54 Å². The van der Waals surface area contributed by atoms with Gasteiger partial charge < -0.3 is 10.6 Å². The van der Waals surface area contributed by atoms with E-state index >= 15 is 0 Å². The van der Waals surface area contributed by atoms with Gasteiger partial charge in [0.25, 0.3) is 5.91 Å². The molecule has 3 heterocycles. The van der Waals surface area contributed by atoms with Crippen molar-refractivity contribution in [2.24, 2.45) is 0 Å². The van der Waals surface area contributed by atoms with Gasteiger partial charge in [-0.2, -0.15) is 0 Å². The molecule has 6 nitrogen and oxygen atoms in total. The Bertz CT molecular complexity index is 542. The van der Waals surface area contributed by atoms with E-state index in [-0.39, 0.29) is 18.5 Å². The Labute approximate surface area is 118 Å². The molecule has 100 valence electrons. The van der Waals surface area contributed by atoms with Crippen LogP contribution in [0.25, 0.3) is 0 Å². The Balaban J connectivity index is 1.82. The van der Waals surface area contributed by atoms with Crippen molar-refractivity contribution in [2.45, 2.75) is 18.5 Å². The van der Waals surface area contributed by atoms with Crippen molar-refractivity contribution in [3.8, 4) is 0 Å². The van der Waals surface area contributed by atoms with Crippen molar-refractivity contribution < 1.29 is 9.59 Å². The Hall–Kier alpha value is -1.47. The van der Waals surface area contributed by atoms with Gasteiger partial charge in [0.15, 0.2) is 0 Å². The third-order valence-corrected chi connectivity index (χ3v) is 3.94. The highest BCUT2D eigenvalue weighted by molar-refractivity contribution is 9.10. The third-order valence-electron chi connectivity index (χ3n) is 3.50. The normalized spacial score (nSPS) is 26.3. The summed E-state index contributed by atoms with van der Waals surface area (Å²) >= 11 is 3.33. The number of nitrogens with zero attached hydrogens (tertiary/aromatic N) is 2. The summed E-state index contributed by atoms with van der Waals surface area (Å²) in [6, 6.07) is 1.53. The quantitative estimate of drug-likeness (QED) is 0.782. The fourth-order valence-electron chi connectivity index (χ4n) is 2.53. The van der Waals surface area contributed by atoms with Gasteiger partial charge in [0, 0.05) is 23.4 Å². The number of amides is 3. The van der Waals surface area contributed by atoms with Gasteiger partial charge in [-0.15, -0.1) is 0 Å². The SMILES string of the molecule is O=C1NC2(CCNC2)C(=O)N1Cc1cncc(Br)c1. The molecule has 2 N–H and O–H groups in total. The molecular weight excluding hydrogens is 312 g/mol. The van der Waals surface area contributed by atoms with Gasteiger partial charge in [-0.05, 0) is 40.5 Å². The first kappa shape index (κ1) is 12.6. The van der Waals surface area contributed by atoms with E-state index in [9.17, 15) is 9.59 Å². The Kier molecular flexibility index (Phi) is 3.02. The molecule has 0 saturated carbocycles. The van der Waals surface area contributed by atoms with Crippen LogP contribution in [0.2, 0.25) is 0 Å². The van der Waals surface area contributed by atoms with Crippen LogP contribution in [0.1, 0.15) is 12.0 Å². The smallest absolute Gasteiger partial charge is 0.322 e. The highest BCUT2D eigenvalue weighted by Gasteiger charge is 2.52. The molecule has 2 aliphatic heterocycles. The number of urea groups is 1. The van der Waals surface area contributed by atoms with Crippen molar-refractivity contribution in [1.82, 2.24) is 20.5 Å². The Morgan fingerprint density at radius 3 is 2.95 bits per heavy atom. The second-order valence-electron chi connectivity index (χ2n) is 4.84. The minimum atomic E-state index is -0.740. The molecule has 1 atom stereocenters. The van der Waals surface area contributed by atoms with Crippen LogP contribution in [-0.4, -0.2) is 40.5 Å². The van der Waals surface area contributed by atoms with E-state index in [4.69, 9.17) is 0 Å². The van der Waals surface area contributed by atoms with Gasteiger partial charge in [-0.25, -0.2) is 4.79 Å². The van der Waals surface area contributed by atoms with Crippen LogP contribution in [0.15, 0.2) is 22.9 Å². The van der Waals surface area contributed by atoms with Gasteiger partial charge in [-0.3, -0.25) is 14.7 Å². The summed E-state index contributed by atoms with van der Waals surface area (Å²) in [5, 5.41) is 5.92. The van der Waals surface area contributed by atoms with E-state index in [1.165, 1.54) is 4.90 Å². The lowest BCUT2D eigenvalue weighted by Crippen LogP contribution is -2.48. The van der Waals surface area contributed by atoms with Crippen LogP contribution >= 0.6 is 15.9 Å². The van der Waals surface area contributed by atoms with Crippen LogP contribution in [-0.2, 0) is 11.3 Å². The molecule has 1 spiro atoms. The zero-order chi connectivity index (χ0) is 13.5. The summed E-state index contributed by atoms with van der Waals surface area (Å²) in [4.78, 5) is 29.7. The van der Waals surface area contributed by atoms with Gasteiger partial charge in [-0.1, -0.05) is 0 Å². The molecule has 0 aromatic carbocycles. The van der Waals surface area contributed by atoms with E-state index in [1.54, 1.807) is 12.4 Å². The lowest BCUT2D eigenvalue weighted by atomic mass is 9.99. The summed E-state index contributed by atoms with van der Waals surface area (Å²) < 4.78 is 0.828. The number of imide groups is 1. The van der Waals surface area contributed by atoms with Gasteiger partial charge >= 0.3 is 6.03 Å². The zero-order valence-corrected chi connectivity index (χ0v) is 11.7. The van der Waals surface area contributed by atoms with Crippen LogP contribution in [0.5, 0.6) is 0 Å². The minimum absolute atomic E-state index is 0.150. The summed E-state index contributed by atoms with van der Waals surface area (Å²) in [6.45, 7) is 1.50. The predicted octanol–water partition coefficient (Wildman–Crippen LogP) is 0.628. The van der Waals surface area contributed by atoms with E-state index in [0.717, 1.165) is 16.6 Å². The number of carbonyl (C=O) groups excluding carboxylic acids is 2. The number of carbonyl (C=O) groups is 2. The number of halogens is 1. The summed E-state index contributed by atoms with van der Waals surface area (Å²) in [6.07, 6.45) is 3.96. The molecule has 2 fully saturated rings. The molecule has 1 aromatic rings. The average Bonchev–Trinajstić information content (AvgIpc) is 2.92. The number of nitrogens with one attached hydrogen (secondary N) is 2.